The molecule has 2 aromatic carbocycles. The molecule has 0 radical (unpaired) electrons. The minimum Gasteiger partial charge on any atom is -0.351 e. The van der Waals surface area contributed by atoms with Gasteiger partial charge in [0.25, 0.3) is 11.8 Å². The second-order valence-corrected chi connectivity index (χ2v) is 8.42. The summed E-state index contributed by atoms with van der Waals surface area (Å²) in [6, 6.07) is 9.37. The van der Waals surface area contributed by atoms with Crippen LogP contribution < -0.4 is 10.6 Å². The summed E-state index contributed by atoms with van der Waals surface area (Å²) in [6.07, 6.45) is 0. The summed E-state index contributed by atoms with van der Waals surface area (Å²) in [5.41, 5.74) is 0.456. The lowest BCUT2D eigenvalue weighted by molar-refractivity contribution is 0.0920. The van der Waals surface area contributed by atoms with Gasteiger partial charge in [0.05, 0.1) is 20.1 Å². The number of nitrogens with one attached hydrogen (secondary N) is 2. The Morgan fingerprint density at radius 3 is 1.44 bits per heavy atom. The van der Waals surface area contributed by atoms with Crippen LogP contribution in [0.2, 0.25) is 20.1 Å². The largest absolute Gasteiger partial charge is 0.351 e. The lowest BCUT2D eigenvalue weighted by Crippen LogP contribution is -2.42. The highest BCUT2D eigenvalue weighted by atomic mass is 35.5. The lowest BCUT2D eigenvalue weighted by atomic mass is 9.93. The van der Waals surface area contributed by atoms with Gasteiger partial charge in [0, 0.05) is 24.2 Å². The molecule has 0 unspecified atom stereocenters. The zero-order valence-corrected chi connectivity index (χ0v) is 17.7. The van der Waals surface area contributed by atoms with Gasteiger partial charge in [0.1, 0.15) is 0 Å². The Kier molecular flexibility index (Phi) is 7.40. The maximum Gasteiger partial charge on any atom is 0.251 e. The highest BCUT2D eigenvalue weighted by molar-refractivity contribution is 6.42. The van der Waals surface area contributed by atoms with Crippen LogP contribution in [0.15, 0.2) is 36.4 Å². The van der Waals surface area contributed by atoms with E-state index in [-0.39, 0.29) is 17.2 Å². The van der Waals surface area contributed by atoms with Crippen LogP contribution >= 0.6 is 46.4 Å². The van der Waals surface area contributed by atoms with Crippen LogP contribution in [0.1, 0.15) is 34.6 Å². The molecule has 0 saturated carbocycles. The van der Waals surface area contributed by atoms with Gasteiger partial charge in [-0.25, -0.2) is 0 Å². The van der Waals surface area contributed by atoms with Gasteiger partial charge in [0.2, 0.25) is 0 Å². The van der Waals surface area contributed by atoms with Crippen LogP contribution in [0.25, 0.3) is 0 Å². The van der Waals surface area contributed by atoms with Crippen molar-refractivity contribution in [2.75, 3.05) is 13.1 Å². The molecule has 0 spiro atoms. The topological polar surface area (TPSA) is 58.2 Å². The van der Waals surface area contributed by atoms with E-state index in [9.17, 15) is 9.59 Å². The van der Waals surface area contributed by atoms with Gasteiger partial charge in [0.15, 0.2) is 0 Å². The fourth-order valence-corrected chi connectivity index (χ4v) is 2.78. The zero-order chi connectivity index (χ0) is 20.2. The molecule has 27 heavy (non-hydrogen) atoms. The molecular weight excluding hydrogens is 430 g/mol. The molecule has 0 fully saturated rings. The van der Waals surface area contributed by atoms with Crippen molar-refractivity contribution in [2.24, 2.45) is 5.41 Å². The van der Waals surface area contributed by atoms with Crippen molar-refractivity contribution >= 4 is 58.2 Å². The first-order chi connectivity index (χ1) is 12.6. The average molecular weight is 448 g/mol. The smallest absolute Gasteiger partial charge is 0.251 e. The molecule has 2 amide bonds. The maximum atomic E-state index is 12.3. The van der Waals surface area contributed by atoms with E-state index in [1.807, 2.05) is 13.8 Å². The molecule has 0 aliphatic heterocycles. The third-order valence-electron chi connectivity index (χ3n) is 3.82. The van der Waals surface area contributed by atoms with Crippen LogP contribution in [-0.2, 0) is 0 Å². The third kappa shape index (κ3) is 6.28. The van der Waals surface area contributed by atoms with E-state index in [1.165, 1.54) is 12.1 Å². The molecule has 8 heteroatoms. The molecule has 0 saturated heterocycles. The number of amides is 2. The van der Waals surface area contributed by atoms with Crippen molar-refractivity contribution in [3.8, 4) is 0 Å². The van der Waals surface area contributed by atoms with Gasteiger partial charge in [-0.15, -0.1) is 0 Å². The van der Waals surface area contributed by atoms with Gasteiger partial charge in [-0.3, -0.25) is 9.59 Å². The first-order valence-electron chi connectivity index (χ1n) is 8.05. The summed E-state index contributed by atoms with van der Waals surface area (Å²) >= 11 is 23.6. The number of hydrogen-bond acceptors (Lipinski definition) is 2. The standard InChI is InChI=1S/C19H18Cl4N2O2/c1-19(2,9-24-17(26)11-3-5-13(20)15(22)7-11)10-25-18(27)12-4-6-14(21)16(23)8-12/h3-8H,9-10H2,1-2H3,(H,24,26)(H,25,27). The predicted molar refractivity (Wildman–Crippen MR) is 111 cm³/mol. The molecule has 2 aromatic rings. The number of hydrogen-bond donors (Lipinski definition) is 2. The monoisotopic (exact) mass is 446 g/mol. The van der Waals surface area contributed by atoms with Gasteiger partial charge in [-0.05, 0) is 41.8 Å². The second kappa shape index (κ2) is 9.16. The van der Waals surface area contributed by atoms with E-state index in [0.29, 0.717) is 44.3 Å². The first kappa shape index (κ1) is 21.8. The van der Waals surface area contributed by atoms with Gasteiger partial charge >= 0.3 is 0 Å². The van der Waals surface area contributed by atoms with Crippen LogP contribution in [0.4, 0.5) is 0 Å². The molecule has 0 heterocycles. The predicted octanol–water partition coefficient (Wildman–Crippen LogP) is 5.49. The van der Waals surface area contributed by atoms with Crippen molar-refractivity contribution in [2.45, 2.75) is 13.8 Å². The van der Waals surface area contributed by atoms with Gasteiger partial charge < -0.3 is 10.6 Å². The third-order valence-corrected chi connectivity index (χ3v) is 5.30. The molecule has 0 aromatic heterocycles. The van der Waals surface area contributed by atoms with Crippen molar-refractivity contribution in [3.05, 3.63) is 67.6 Å². The van der Waals surface area contributed by atoms with E-state index in [0.717, 1.165) is 0 Å². The number of benzene rings is 2. The molecule has 2 N–H and O–H groups in total. The zero-order valence-electron chi connectivity index (χ0n) is 14.7. The van der Waals surface area contributed by atoms with Crippen LogP contribution in [0.3, 0.4) is 0 Å². The Balaban J connectivity index is 1.90. The molecular formula is C19H18Cl4N2O2. The molecule has 0 aliphatic rings. The Labute approximate surface area is 178 Å². The summed E-state index contributed by atoms with van der Waals surface area (Å²) in [6.45, 7) is 4.57. The van der Waals surface area contributed by atoms with E-state index in [4.69, 9.17) is 46.4 Å². The summed E-state index contributed by atoms with van der Waals surface area (Å²) < 4.78 is 0. The summed E-state index contributed by atoms with van der Waals surface area (Å²) in [4.78, 5) is 24.5. The van der Waals surface area contributed by atoms with Crippen LogP contribution in [0, 0.1) is 5.41 Å². The van der Waals surface area contributed by atoms with E-state index in [1.54, 1.807) is 24.3 Å². The second-order valence-electron chi connectivity index (χ2n) is 6.79. The van der Waals surface area contributed by atoms with Crippen molar-refractivity contribution in [3.63, 3.8) is 0 Å². The maximum absolute atomic E-state index is 12.3. The molecule has 144 valence electrons. The van der Waals surface area contributed by atoms with Crippen molar-refractivity contribution in [1.29, 1.82) is 0 Å². The minimum atomic E-state index is -0.377. The fraction of sp³-hybridized carbons (Fsp3) is 0.263. The summed E-state index contributed by atoms with van der Waals surface area (Å²) in [7, 11) is 0. The Morgan fingerprint density at radius 2 is 1.11 bits per heavy atom. The summed E-state index contributed by atoms with van der Waals surface area (Å²) in [5, 5.41) is 7.08. The van der Waals surface area contributed by atoms with Crippen molar-refractivity contribution in [1.82, 2.24) is 10.6 Å². The van der Waals surface area contributed by atoms with Crippen LogP contribution in [-0.4, -0.2) is 24.9 Å². The van der Waals surface area contributed by atoms with Crippen LogP contribution in [0.5, 0.6) is 0 Å². The highest BCUT2D eigenvalue weighted by Crippen LogP contribution is 2.24. The molecule has 0 aliphatic carbocycles. The van der Waals surface area contributed by atoms with E-state index >= 15 is 0 Å². The minimum absolute atomic E-state index is 0.266. The number of carbonyl (C=O) groups is 2. The van der Waals surface area contributed by atoms with Gasteiger partial charge in [-0.1, -0.05) is 60.3 Å². The number of halogens is 4. The fourth-order valence-electron chi connectivity index (χ4n) is 2.18. The number of rotatable bonds is 6. The molecule has 2 rings (SSSR count). The van der Waals surface area contributed by atoms with Gasteiger partial charge in [-0.2, -0.15) is 0 Å². The van der Waals surface area contributed by atoms with Crippen molar-refractivity contribution < 1.29 is 9.59 Å². The quantitative estimate of drug-likeness (QED) is 0.615. The van der Waals surface area contributed by atoms with E-state index < -0.39 is 0 Å². The lowest BCUT2D eigenvalue weighted by Gasteiger charge is -2.25. The Morgan fingerprint density at radius 1 is 0.741 bits per heavy atom. The normalized spacial score (nSPS) is 11.2. The molecule has 4 nitrogen and oxygen atoms in total. The highest BCUT2D eigenvalue weighted by Gasteiger charge is 2.21. The van der Waals surface area contributed by atoms with E-state index in [2.05, 4.69) is 10.6 Å². The molecule has 0 bridgehead atoms. The SMILES string of the molecule is CC(C)(CNC(=O)c1ccc(Cl)c(Cl)c1)CNC(=O)c1ccc(Cl)c(Cl)c1. The Hall–Kier alpha value is -1.46. The average Bonchev–Trinajstić information content (AvgIpc) is 2.62. The Bertz CT molecular complexity index is 799. The summed E-state index contributed by atoms with van der Waals surface area (Å²) in [5.74, 6) is -0.532. The molecule has 0 atom stereocenters. The first-order valence-corrected chi connectivity index (χ1v) is 9.57. The number of carbonyl (C=O) groups excluding carboxylic acids is 2.